The third kappa shape index (κ3) is 2.69. The molecule has 1 amide bonds. The molecule has 1 aliphatic heterocycles. The van der Waals surface area contributed by atoms with Crippen LogP contribution in [0.1, 0.15) is 21.5 Å². The number of nitrogens with zero attached hydrogens (tertiary/aromatic N) is 1. The highest BCUT2D eigenvalue weighted by Crippen LogP contribution is 2.32. The number of amides is 1. The van der Waals surface area contributed by atoms with E-state index in [0.717, 1.165) is 10.2 Å². The van der Waals surface area contributed by atoms with Gasteiger partial charge < -0.3 is 9.47 Å². The van der Waals surface area contributed by atoms with E-state index in [-0.39, 0.29) is 5.91 Å². The van der Waals surface area contributed by atoms with E-state index in [2.05, 4.69) is 30.2 Å². The largest absolute Gasteiger partial charge is 0.486 e. The first-order chi connectivity index (χ1) is 11.6. The van der Waals surface area contributed by atoms with Gasteiger partial charge in [-0.3, -0.25) is 10.1 Å². The van der Waals surface area contributed by atoms with E-state index < -0.39 is 0 Å². The van der Waals surface area contributed by atoms with Crippen LogP contribution in [0.25, 0.3) is 10.2 Å². The summed E-state index contributed by atoms with van der Waals surface area (Å²) in [7, 11) is 0. The molecular formula is C18H16N2O3S. The molecule has 24 heavy (non-hydrogen) atoms. The number of rotatable bonds is 2. The SMILES string of the molecule is Cc1cc2nc(NC(=O)c3ccc4c(c3)OCCO4)sc2cc1C. The fourth-order valence-corrected chi connectivity index (χ4v) is 3.53. The fourth-order valence-electron chi connectivity index (χ4n) is 2.59. The molecule has 122 valence electrons. The average molecular weight is 340 g/mol. The number of aryl methyl sites for hydroxylation is 2. The molecule has 0 saturated carbocycles. The standard InChI is InChI=1S/C18H16N2O3S/c1-10-7-13-16(8-11(10)2)24-18(19-13)20-17(21)12-3-4-14-15(9-12)23-6-5-22-14/h3-4,7-9H,5-6H2,1-2H3,(H,19,20,21). The van der Waals surface area contributed by atoms with Crippen molar-refractivity contribution in [1.29, 1.82) is 0 Å². The Morgan fingerprint density at radius 2 is 1.83 bits per heavy atom. The fraction of sp³-hybridized carbons (Fsp3) is 0.222. The van der Waals surface area contributed by atoms with Gasteiger partial charge in [0.1, 0.15) is 13.2 Å². The predicted octanol–water partition coefficient (Wildman–Crippen LogP) is 3.94. The molecule has 6 heteroatoms. The summed E-state index contributed by atoms with van der Waals surface area (Å²) < 4.78 is 12.1. The molecule has 5 nitrogen and oxygen atoms in total. The minimum absolute atomic E-state index is 0.209. The van der Waals surface area contributed by atoms with Crippen molar-refractivity contribution in [1.82, 2.24) is 4.98 Å². The van der Waals surface area contributed by atoms with E-state index in [1.807, 2.05) is 6.07 Å². The molecule has 0 unspecified atom stereocenters. The number of nitrogens with one attached hydrogen (secondary N) is 1. The molecule has 2 aromatic carbocycles. The summed E-state index contributed by atoms with van der Waals surface area (Å²) >= 11 is 1.47. The summed E-state index contributed by atoms with van der Waals surface area (Å²) in [6.07, 6.45) is 0. The van der Waals surface area contributed by atoms with Crippen LogP contribution in [0.15, 0.2) is 30.3 Å². The molecule has 0 atom stereocenters. The molecule has 1 N–H and O–H groups in total. The first kappa shape index (κ1) is 15.0. The summed E-state index contributed by atoms with van der Waals surface area (Å²) in [5, 5.41) is 3.46. The molecule has 0 radical (unpaired) electrons. The summed E-state index contributed by atoms with van der Waals surface area (Å²) in [4.78, 5) is 17.0. The lowest BCUT2D eigenvalue weighted by atomic mass is 10.1. The van der Waals surface area contributed by atoms with Gasteiger partial charge in [0, 0.05) is 5.56 Å². The maximum Gasteiger partial charge on any atom is 0.257 e. The number of carbonyl (C=O) groups excluding carboxylic acids is 1. The molecule has 4 rings (SSSR count). The minimum atomic E-state index is -0.209. The Kier molecular flexibility index (Phi) is 3.61. The molecule has 1 aliphatic rings. The van der Waals surface area contributed by atoms with Gasteiger partial charge in [0.15, 0.2) is 16.6 Å². The molecule has 0 spiro atoms. The van der Waals surface area contributed by atoms with E-state index in [1.165, 1.54) is 22.5 Å². The molecule has 0 aliphatic carbocycles. The summed E-state index contributed by atoms with van der Waals surface area (Å²) in [6, 6.07) is 9.33. The quantitative estimate of drug-likeness (QED) is 0.768. The normalized spacial score (nSPS) is 13.1. The Balaban J connectivity index is 1.59. The highest BCUT2D eigenvalue weighted by molar-refractivity contribution is 7.22. The first-order valence-electron chi connectivity index (χ1n) is 7.69. The van der Waals surface area contributed by atoms with Crippen LogP contribution in [0.2, 0.25) is 0 Å². The van der Waals surface area contributed by atoms with Crippen molar-refractivity contribution in [3.8, 4) is 11.5 Å². The number of hydrogen-bond acceptors (Lipinski definition) is 5. The second kappa shape index (κ2) is 5.79. The maximum atomic E-state index is 12.5. The van der Waals surface area contributed by atoms with Crippen LogP contribution in [0, 0.1) is 13.8 Å². The Morgan fingerprint density at radius 3 is 2.67 bits per heavy atom. The molecule has 0 bridgehead atoms. The van der Waals surface area contributed by atoms with E-state index in [9.17, 15) is 4.79 Å². The molecule has 0 fully saturated rings. The second-order valence-electron chi connectivity index (χ2n) is 5.74. The van der Waals surface area contributed by atoms with Gasteiger partial charge in [0.2, 0.25) is 0 Å². The highest BCUT2D eigenvalue weighted by atomic mass is 32.1. The van der Waals surface area contributed by atoms with Gasteiger partial charge >= 0.3 is 0 Å². The van der Waals surface area contributed by atoms with Gasteiger partial charge in [-0.2, -0.15) is 0 Å². The van der Waals surface area contributed by atoms with Crippen LogP contribution in [-0.2, 0) is 0 Å². The Labute approximate surface area is 143 Å². The maximum absolute atomic E-state index is 12.5. The van der Waals surface area contributed by atoms with Crippen molar-refractivity contribution in [3.63, 3.8) is 0 Å². The van der Waals surface area contributed by atoms with Crippen LogP contribution in [-0.4, -0.2) is 24.1 Å². The lowest BCUT2D eigenvalue weighted by Crippen LogP contribution is -2.17. The number of ether oxygens (including phenoxy) is 2. The van der Waals surface area contributed by atoms with Crippen molar-refractivity contribution >= 4 is 32.6 Å². The highest BCUT2D eigenvalue weighted by Gasteiger charge is 2.16. The number of benzene rings is 2. The number of carbonyl (C=O) groups is 1. The first-order valence-corrected chi connectivity index (χ1v) is 8.50. The zero-order valence-corrected chi connectivity index (χ0v) is 14.2. The van der Waals surface area contributed by atoms with Crippen molar-refractivity contribution < 1.29 is 14.3 Å². The third-order valence-corrected chi connectivity index (χ3v) is 4.96. The predicted molar refractivity (Wildman–Crippen MR) is 94.5 cm³/mol. The van der Waals surface area contributed by atoms with Crippen LogP contribution < -0.4 is 14.8 Å². The molecule has 1 aromatic heterocycles. The number of hydrogen-bond donors (Lipinski definition) is 1. The van der Waals surface area contributed by atoms with E-state index in [0.29, 0.717) is 35.4 Å². The molecule has 3 aromatic rings. The van der Waals surface area contributed by atoms with E-state index in [4.69, 9.17) is 9.47 Å². The van der Waals surface area contributed by atoms with E-state index >= 15 is 0 Å². The average Bonchev–Trinajstić information content (AvgIpc) is 2.95. The van der Waals surface area contributed by atoms with Gasteiger partial charge in [-0.1, -0.05) is 11.3 Å². The number of aromatic nitrogens is 1. The minimum Gasteiger partial charge on any atom is -0.486 e. The van der Waals surface area contributed by atoms with Crippen molar-refractivity contribution in [2.24, 2.45) is 0 Å². The monoisotopic (exact) mass is 340 g/mol. The summed E-state index contributed by atoms with van der Waals surface area (Å²) in [5.74, 6) is 1.06. The van der Waals surface area contributed by atoms with Gasteiger partial charge in [0.05, 0.1) is 10.2 Å². The van der Waals surface area contributed by atoms with Gasteiger partial charge in [-0.15, -0.1) is 0 Å². The summed E-state index contributed by atoms with van der Waals surface area (Å²) in [5.41, 5.74) is 3.83. The second-order valence-corrected chi connectivity index (χ2v) is 6.77. The molecule has 2 heterocycles. The zero-order chi connectivity index (χ0) is 16.7. The van der Waals surface area contributed by atoms with Gasteiger partial charge in [0.25, 0.3) is 5.91 Å². The molecular weight excluding hydrogens is 324 g/mol. The zero-order valence-electron chi connectivity index (χ0n) is 13.4. The number of fused-ring (bicyclic) bond motifs is 2. The Hall–Kier alpha value is -2.60. The number of thiazole rings is 1. The molecule has 0 saturated heterocycles. The van der Waals surface area contributed by atoms with Crippen LogP contribution >= 0.6 is 11.3 Å². The van der Waals surface area contributed by atoms with Crippen LogP contribution in [0.3, 0.4) is 0 Å². The van der Waals surface area contributed by atoms with E-state index in [1.54, 1.807) is 18.2 Å². The van der Waals surface area contributed by atoms with Crippen molar-refractivity contribution in [2.75, 3.05) is 18.5 Å². The van der Waals surface area contributed by atoms with Crippen LogP contribution in [0.4, 0.5) is 5.13 Å². The Morgan fingerprint density at radius 1 is 1.08 bits per heavy atom. The van der Waals surface area contributed by atoms with Crippen molar-refractivity contribution in [3.05, 3.63) is 47.0 Å². The smallest absolute Gasteiger partial charge is 0.257 e. The summed E-state index contributed by atoms with van der Waals surface area (Å²) in [6.45, 7) is 5.15. The third-order valence-electron chi connectivity index (χ3n) is 4.03. The van der Waals surface area contributed by atoms with Gasteiger partial charge in [-0.05, 0) is 55.3 Å². The lowest BCUT2D eigenvalue weighted by Gasteiger charge is -2.18. The van der Waals surface area contributed by atoms with Crippen LogP contribution in [0.5, 0.6) is 11.5 Å². The topological polar surface area (TPSA) is 60.5 Å². The Bertz CT molecular complexity index is 910. The van der Waals surface area contributed by atoms with Gasteiger partial charge in [-0.25, -0.2) is 4.98 Å². The lowest BCUT2D eigenvalue weighted by molar-refractivity contribution is 0.102. The number of anilines is 1. The van der Waals surface area contributed by atoms with Crippen molar-refractivity contribution in [2.45, 2.75) is 13.8 Å².